The van der Waals surface area contributed by atoms with Gasteiger partial charge >= 0.3 is 0 Å². The molecule has 0 aliphatic carbocycles. The van der Waals surface area contributed by atoms with E-state index in [4.69, 9.17) is 0 Å². The topological polar surface area (TPSA) is 12.0 Å². The summed E-state index contributed by atoms with van der Waals surface area (Å²) >= 11 is 3.69. The standard InChI is InChI=1S/C15H22BrN/c1-5-11(3)10-14(17-6-2)13-9-7-8-12(4)15(13)16/h7-9,14,17H,3,5-6,10H2,1-2,4H3. The van der Waals surface area contributed by atoms with Gasteiger partial charge in [0.15, 0.2) is 0 Å². The Kier molecular flexibility index (Phi) is 5.93. The molecule has 0 saturated heterocycles. The summed E-state index contributed by atoms with van der Waals surface area (Å²) in [5, 5.41) is 3.54. The molecule has 1 aromatic carbocycles. The molecule has 1 nitrogen and oxygen atoms in total. The number of benzene rings is 1. The molecule has 0 amide bonds. The van der Waals surface area contributed by atoms with Crippen LogP contribution in [-0.2, 0) is 0 Å². The first-order chi connectivity index (χ1) is 8.10. The first-order valence-electron chi connectivity index (χ1n) is 6.25. The van der Waals surface area contributed by atoms with Gasteiger partial charge in [0.1, 0.15) is 0 Å². The predicted octanol–water partition coefficient (Wildman–Crippen LogP) is 4.76. The maximum absolute atomic E-state index is 4.12. The van der Waals surface area contributed by atoms with Gasteiger partial charge in [-0.25, -0.2) is 0 Å². The number of hydrogen-bond acceptors (Lipinski definition) is 1. The summed E-state index contributed by atoms with van der Waals surface area (Å²) < 4.78 is 1.22. The maximum Gasteiger partial charge on any atom is 0.0368 e. The molecule has 1 unspecified atom stereocenters. The average molecular weight is 296 g/mol. The highest BCUT2D eigenvalue weighted by atomic mass is 79.9. The molecule has 0 saturated carbocycles. The average Bonchev–Trinajstić information content (AvgIpc) is 2.32. The van der Waals surface area contributed by atoms with Gasteiger partial charge in [0, 0.05) is 10.5 Å². The molecule has 1 N–H and O–H groups in total. The third-order valence-corrected chi connectivity index (χ3v) is 4.12. The molecular formula is C15H22BrN. The Balaban J connectivity index is 2.96. The molecule has 2 heteroatoms. The fourth-order valence-electron chi connectivity index (χ4n) is 1.91. The van der Waals surface area contributed by atoms with Crippen LogP contribution in [0.4, 0.5) is 0 Å². The highest BCUT2D eigenvalue weighted by Crippen LogP contribution is 2.30. The van der Waals surface area contributed by atoms with Gasteiger partial charge in [0.2, 0.25) is 0 Å². The third kappa shape index (κ3) is 3.97. The normalized spacial score (nSPS) is 12.5. The van der Waals surface area contributed by atoms with Crippen molar-refractivity contribution in [3.63, 3.8) is 0 Å². The van der Waals surface area contributed by atoms with Crippen molar-refractivity contribution in [2.24, 2.45) is 0 Å². The molecule has 17 heavy (non-hydrogen) atoms. The molecule has 0 radical (unpaired) electrons. The van der Waals surface area contributed by atoms with Gasteiger partial charge in [0.05, 0.1) is 0 Å². The Hall–Kier alpha value is -0.600. The smallest absolute Gasteiger partial charge is 0.0368 e. The summed E-state index contributed by atoms with van der Waals surface area (Å²) in [6, 6.07) is 6.80. The van der Waals surface area contributed by atoms with Crippen LogP contribution in [-0.4, -0.2) is 6.54 Å². The molecule has 0 bridgehead atoms. The second-order valence-corrected chi connectivity index (χ2v) is 5.19. The number of nitrogens with one attached hydrogen (secondary N) is 1. The molecule has 0 fully saturated rings. The van der Waals surface area contributed by atoms with E-state index in [2.05, 4.69) is 66.8 Å². The predicted molar refractivity (Wildman–Crippen MR) is 79.3 cm³/mol. The third-order valence-electron chi connectivity index (χ3n) is 3.04. The maximum atomic E-state index is 4.12. The number of hydrogen-bond donors (Lipinski definition) is 1. The zero-order valence-corrected chi connectivity index (χ0v) is 12.6. The SMILES string of the molecule is C=C(CC)CC(NCC)c1cccc(C)c1Br. The van der Waals surface area contributed by atoms with Crippen molar-refractivity contribution in [1.82, 2.24) is 5.32 Å². The van der Waals surface area contributed by atoms with Crippen molar-refractivity contribution >= 4 is 15.9 Å². The highest BCUT2D eigenvalue weighted by molar-refractivity contribution is 9.10. The van der Waals surface area contributed by atoms with Crippen LogP contribution in [0.1, 0.15) is 43.9 Å². The fraction of sp³-hybridized carbons (Fsp3) is 0.467. The van der Waals surface area contributed by atoms with Crippen LogP contribution in [0, 0.1) is 6.92 Å². The van der Waals surface area contributed by atoms with Gasteiger partial charge in [-0.2, -0.15) is 0 Å². The number of rotatable bonds is 6. The number of aryl methyl sites for hydroxylation is 1. The van der Waals surface area contributed by atoms with Gasteiger partial charge < -0.3 is 5.32 Å². The molecule has 1 atom stereocenters. The first kappa shape index (κ1) is 14.5. The number of halogens is 1. The molecule has 1 rings (SSSR count). The highest BCUT2D eigenvalue weighted by Gasteiger charge is 2.14. The van der Waals surface area contributed by atoms with Crippen LogP contribution < -0.4 is 5.32 Å². The molecule has 0 heterocycles. The van der Waals surface area contributed by atoms with E-state index in [0.29, 0.717) is 6.04 Å². The van der Waals surface area contributed by atoms with Gasteiger partial charge in [-0.15, -0.1) is 0 Å². The van der Waals surface area contributed by atoms with E-state index in [-0.39, 0.29) is 0 Å². The molecule has 0 aliphatic heterocycles. The van der Waals surface area contributed by atoms with Crippen molar-refractivity contribution in [2.45, 2.75) is 39.7 Å². The summed E-state index contributed by atoms with van der Waals surface area (Å²) in [4.78, 5) is 0. The van der Waals surface area contributed by atoms with E-state index in [0.717, 1.165) is 19.4 Å². The first-order valence-corrected chi connectivity index (χ1v) is 7.04. The summed E-state index contributed by atoms with van der Waals surface area (Å²) in [6.07, 6.45) is 2.05. The molecular weight excluding hydrogens is 274 g/mol. The monoisotopic (exact) mass is 295 g/mol. The van der Waals surface area contributed by atoms with Crippen molar-refractivity contribution in [1.29, 1.82) is 0 Å². The summed E-state index contributed by atoms with van der Waals surface area (Å²) in [5.74, 6) is 0. The minimum Gasteiger partial charge on any atom is -0.310 e. The van der Waals surface area contributed by atoms with E-state index >= 15 is 0 Å². The van der Waals surface area contributed by atoms with Gasteiger partial charge in [-0.05, 0) is 37.4 Å². The van der Waals surface area contributed by atoms with Crippen molar-refractivity contribution < 1.29 is 0 Å². The fourth-order valence-corrected chi connectivity index (χ4v) is 2.45. The van der Waals surface area contributed by atoms with Crippen LogP contribution in [0.5, 0.6) is 0 Å². The van der Waals surface area contributed by atoms with Gasteiger partial charge in [-0.1, -0.05) is 60.1 Å². The second kappa shape index (κ2) is 6.97. The molecule has 94 valence electrons. The lowest BCUT2D eigenvalue weighted by Gasteiger charge is -2.21. The molecule has 0 spiro atoms. The minimum absolute atomic E-state index is 0.363. The quantitative estimate of drug-likeness (QED) is 0.746. The lowest BCUT2D eigenvalue weighted by molar-refractivity contribution is 0.541. The van der Waals surface area contributed by atoms with Crippen LogP contribution in [0.25, 0.3) is 0 Å². The second-order valence-electron chi connectivity index (χ2n) is 4.40. The van der Waals surface area contributed by atoms with Crippen LogP contribution in [0.3, 0.4) is 0 Å². The lowest BCUT2D eigenvalue weighted by atomic mass is 9.97. The van der Waals surface area contributed by atoms with Crippen LogP contribution in [0.15, 0.2) is 34.8 Å². The van der Waals surface area contributed by atoms with E-state index in [1.165, 1.54) is 21.2 Å². The summed E-state index contributed by atoms with van der Waals surface area (Å²) in [5.41, 5.74) is 3.92. The Morgan fingerprint density at radius 1 is 1.41 bits per heavy atom. The lowest BCUT2D eigenvalue weighted by Crippen LogP contribution is -2.21. The van der Waals surface area contributed by atoms with E-state index < -0.39 is 0 Å². The zero-order valence-electron chi connectivity index (χ0n) is 11.0. The van der Waals surface area contributed by atoms with E-state index in [1.807, 2.05) is 0 Å². The largest absolute Gasteiger partial charge is 0.310 e. The van der Waals surface area contributed by atoms with E-state index in [9.17, 15) is 0 Å². The molecule has 0 aromatic heterocycles. The van der Waals surface area contributed by atoms with Crippen molar-refractivity contribution in [3.8, 4) is 0 Å². The van der Waals surface area contributed by atoms with Crippen molar-refractivity contribution in [2.75, 3.05) is 6.54 Å². The summed E-state index contributed by atoms with van der Waals surface area (Å²) in [7, 11) is 0. The Labute approximate surface area is 113 Å². The van der Waals surface area contributed by atoms with E-state index in [1.54, 1.807) is 0 Å². The zero-order chi connectivity index (χ0) is 12.8. The Morgan fingerprint density at radius 2 is 2.12 bits per heavy atom. The summed E-state index contributed by atoms with van der Waals surface area (Å²) in [6.45, 7) is 11.5. The van der Waals surface area contributed by atoms with Crippen molar-refractivity contribution in [3.05, 3.63) is 46.0 Å². The molecule has 0 aliphatic rings. The Morgan fingerprint density at radius 3 is 2.71 bits per heavy atom. The van der Waals surface area contributed by atoms with Crippen LogP contribution >= 0.6 is 15.9 Å². The van der Waals surface area contributed by atoms with Crippen LogP contribution in [0.2, 0.25) is 0 Å². The Bertz CT molecular complexity index is 385. The van der Waals surface area contributed by atoms with Gasteiger partial charge in [-0.3, -0.25) is 0 Å². The minimum atomic E-state index is 0.363. The molecule has 1 aromatic rings. The van der Waals surface area contributed by atoms with Gasteiger partial charge in [0.25, 0.3) is 0 Å².